The summed E-state index contributed by atoms with van der Waals surface area (Å²) in [4.78, 5) is 35.0. The number of nitrogens with one attached hydrogen (secondary N) is 1. The minimum Gasteiger partial charge on any atom is -0.478 e. The van der Waals surface area contributed by atoms with Gasteiger partial charge in [-0.15, -0.1) is 0 Å². The monoisotopic (exact) mass is 693 g/mol. The Morgan fingerprint density at radius 2 is 1.00 bits per heavy atom. The highest BCUT2D eigenvalue weighted by atomic mass is 16.5. The van der Waals surface area contributed by atoms with Gasteiger partial charge in [-0.2, -0.15) is 0 Å². The SMILES string of the molecule is COC(=O)c1ccc(CNCOc2cc(CN(Cc3ccccn3)Cc3ccccn3)cc(CN(Cc3ccccn3)Cc3ccccn3)c2)cc1. The highest BCUT2D eigenvalue weighted by molar-refractivity contribution is 5.89. The molecule has 0 amide bonds. The first-order valence-electron chi connectivity index (χ1n) is 17.3. The normalized spacial score (nSPS) is 11.1. The lowest BCUT2D eigenvalue weighted by molar-refractivity contribution is 0.0600. The van der Waals surface area contributed by atoms with Gasteiger partial charge in [-0.1, -0.05) is 42.5 Å². The molecule has 0 unspecified atom stereocenters. The fourth-order valence-corrected chi connectivity index (χ4v) is 5.94. The van der Waals surface area contributed by atoms with Crippen LogP contribution in [-0.4, -0.2) is 49.5 Å². The Kier molecular flexibility index (Phi) is 13.1. The fraction of sp³-hybridized carbons (Fsp3) is 0.214. The fourth-order valence-electron chi connectivity index (χ4n) is 5.94. The lowest BCUT2D eigenvalue weighted by Crippen LogP contribution is -2.25. The van der Waals surface area contributed by atoms with Gasteiger partial charge in [0.05, 0.1) is 35.4 Å². The summed E-state index contributed by atoms with van der Waals surface area (Å²) in [6.07, 6.45) is 7.33. The van der Waals surface area contributed by atoms with Crippen LogP contribution in [0.5, 0.6) is 5.75 Å². The maximum absolute atomic E-state index is 11.8. The van der Waals surface area contributed by atoms with Crippen LogP contribution in [0.15, 0.2) is 140 Å². The average molecular weight is 694 g/mol. The molecule has 2 aromatic carbocycles. The molecule has 0 aliphatic heterocycles. The largest absolute Gasteiger partial charge is 0.478 e. The predicted molar refractivity (Wildman–Crippen MR) is 199 cm³/mol. The molecule has 0 aliphatic rings. The molecule has 0 atom stereocenters. The molecule has 0 spiro atoms. The van der Waals surface area contributed by atoms with Crippen LogP contribution in [0, 0.1) is 0 Å². The number of hydrogen-bond acceptors (Lipinski definition) is 10. The lowest BCUT2D eigenvalue weighted by Gasteiger charge is -2.25. The van der Waals surface area contributed by atoms with Crippen molar-refractivity contribution >= 4 is 5.97 Å². The molecule has 0 saturated carbocycles. The number of pyridine rings is 4. The van der Waals surface area contributed by atoms with Crippen LogP contribution in [0.1, 0.15) is 49.8 Å². The first kappa shape index (κ1) is 36.0. The van der Waals surface area contributed by atoms with E-state index in [0.29, 0.717) is 58.1 Å². The van der Waals surface area contributed by atoms with Gasteiger partial charge in [-0.3, -0.25) is 35.1 Å². The van der Waals surface area contributed by atoms with Crippen LogP contribution < -0.4 is 10.1 Å². The number of hydrogen-bond donors (Lipinski definition) is 1. The summed E-state index contributed by atoms with van der Waals surface area (Å²) < 4.78 is 11.2. The minimum absolute atomic E-state index is 0.304. The number of esters is 1. The molecule has 4 heterocycles. The van der Waals surface area contributed by atoms with Crippen molar-refractivity contribution < 1.29 is 14.3 Å². The van der Waals surface area contributed by atoms with Crippen molar-refractivity contribution in [2.75, 3.05) is 13.8 Å². The molecule has 6 aromatic rings. The second-order valence-corrected chi connectivity index (χ2v) is 12.5. The number of benzene rings is 2. The van der Waals surface area contributed by atoms with Crippen LogP contribution in [0.4, 0.5) is 0 Å². The van der Waals surface area contributed by atoms with E-state index in [1.54, 1.807) is 12.1 Å². The summed E-state index contributed by atoms with van der Waals surface area (Å²) >= 11 is 0. The summed E-state index contributed by atoms with van der Waals surface area (Å²) in [5.41, 5.74) is 7.76. The summed E-state index contributed by atoms with van der Waals surface area (Å²) in [6.45, 7) is 4.88. The Hall–Kier alpha value is -5.81. The van der Waals surface area contributed by atoms with Gasteiger partial charge in [0.25, 0.3) is 0 Å². The molecule has 1 N–H and O–H groups in total. The van der Waals surface area contributed by atoms with Crippen LogP contribution in [0.25, 0.3) is 0 Å². The summed E-state index contributed by atoms with van der Waals surface area (Å²) in [6, 6.07) is 37.9. The van der Waals surface area contributed by atoms with Crippen molar-refractivity contribution in [3.8, 4) is 5.75 Å². The van der Waals surface area contributed by atoms with Crippen LogP contribution in [-0.2, 0) is 50.6 Å². The van der Waals surface area contributed by atoms with E-state index in [9.17, 15) is 4.79 Å². The van der Waals surface area contributed by atoms with Crippen molar-refractivity contribution in [3.05, 3.63) is 185 Å². The molecular weight excluding hydrogens is 651 g/mol. The van der Waals surface area contributed by atoms with Gasteiger partial charge in [-0.25, -0.2) is 4.79 Å². The standard InChI is InChI=1S/C42H43N7O3/c1-51-42(50)36-16-14-33(15-17-36)25-43-32-52-41-23-34(26-48(28-37-10-2-6-18-44-37)29-38-11-3-7-19-45-38)22-35(24-41)27-49(30-39-12-4-8-20-46-39)31-40-13-5-9-21-47-40/h2-24,43H,25-32H2,1H3. The number of ether oxygens (including phenoxy) is 2. The number of aromatic nitrogens is 4. The lowest BCUT2D eigenvalue weighted by atomic mass is 10.1. The van der Waals surface area contributed by atoms with Gasteiger partial charge >= 0.3 is 5.97 Å². The molecule has 4 aromatic heterocycles. The van der Waals surface area contributed by atoms with Gasteiger partial charge in [0, 0.05) is 70.6 Å². The Morgan fingerprint density at radius 3 is 1.38 bits per heavy atom. The van der Waals surface area contributed by atoms with E-state index in [1.807, 2.05) is 85.5 Å². The number of rotatable bonds is 18. The van der Waals surface area contributed by atoms with Gasteiger partial charge in [0.1, 0.15) is 12.5 Å². The molecule has 10 nitrogen and oxygen atoms in total. The Balaban J connectivity index is 1.23. The molecule has 0 radical (unpaired) electrons. The predicted octanol–water partition coefficient (Wildman–Crippen LogP) is 6.58. The van der Waals surface area contributed by atoms with E-state index < -0.39 is 0 Å². The summed E-state index contributed by atoms with van der Waals surface area (Å²) in [5.74, 6) is 0.420. The van der Waals surface area contributed by atoms with Crippen LogP contribution >= 0.6 is 0 Å². The van der Waals surface area contributed by atoms with E-state index in [1.165, 1.54) is 7.11 Å². The zero-order valence-electron chi connectivity index (χ0n) is 29.3. The van der Waals surface area contributed by atoms with Gasteiger partial charge < -0.3 is 9.47 Å². The van der Waals surface area contributed by atoms with Gasteiger partial charge in [0.15, 0.2) is 0 Å². The Labute approximate surface area is 305 Å². The van der Waals surface area contributed by atoms with Gasteiger partial charge in [-0.05, 0) is 89.5 Å². The van der Waals surface area contributed by atoms with E-state index in [0.717, 1.165) is 45.2 Å². The highest BCUT2D eigenvalue weighted by Gasteiger charge is 2.15. The molecule has 0 aliphatic carbocycles. The molecular formula is C42H43N7O3. The molecule has 0 fully saturated rings. The van der Waals surface area contributed by atoms with Gasteiger partial charge in [0.2, 0.25) is 0 Å². The summed E-state index contributed by atoms with van der Waals surface area (Å²) in [5, 5.41) is 3.37. The third-order valence-electron chi connectivity index (χ3n) is 8.33. The number of carbonyl (C=O) groups is 1. The maximum atomic E-state index is 11.8. The second-order valence-electron chi connectivity index (χ2n) is 12.5. The van der Waals surface area contributed by atoms with E-state index in [4.69, 9.17) is 9.47 Å². The number of carbonyl (C=O) groups excluding carboxylic acids is 1. The maximum Gasteiger partial charge on any atom is 0.337 e. The minimum atomic E-state index is -0.351. The zero-order chi connectivity index (χ0) is 35.8. The van der Waals surface area contributed by atoms with Crippen molar-refractivity contribution in [1.82, 2.24) is 35.1 Å². The number of methoxy groups -OCH3 is 1. The third kappa shape index (κ3) is 11.4. The van der Waals surface area contributed by atoms with Crippen molar-refractivity contribution in [2.45, 2.75) is 45.8 Å². The first-order chi connectivity index (χ1) is 25.6. The average Bonchev–Trinajstić information content (AvgIpc) is 3.18. The second kappa shape index (κ2) is 19.0. The zero-order valence-corrected chi connectivity index (χ0v) is 29.3. The Bertz CT molecular complexity index is 1760. The Morgan fingerprint density at radius 1 is 0.558 bits per heavy atom. The van der Waals surface area contributed by atoms with E-state index in [-0.39, 0.29) is 5.97 Å². The summed E-state index contributed by atoms with van der Waals surface area (Å²) in [7, 11) is 1.38. The van der Waals surface area contributed by atoms with Crippen LogP contribution in [0.3, 0.4) is 0 Å². The molecule has 52 heavy (non-hydrogen) atoms. The number of nitrogens with zero attached hydrogens (tertiary/aromatic N) is 6. The van der Waals surface area contributed by atoms with E-state index in [2.05, 4.69) is 77.5 Å². The van der Waals surface area contributed by atoms with Crippen molar-refractivity contribution in [1.29, 1.82) is 0 Å². The van der Waals surface area contributed by atoms with Crippen molar-refractivity contribution in [2.24, 2.45) is 0 Å². The molecule has 6 rings (SSSR count). The topological polar surface area (TPSA) is 106 Å². The van der Waals surface area contributed by atoms with E-state index >= 15 is 0 Å². The molecule has 10 heteroatoms. The quantitative estimate of drug-likeness (QED) is 0.0603. The third-order valence-corrected chi connectivity index (χ3v) is 8.33. The first-order valence-corrected chi connectivity index (χ1v) is 17.3. The highest BCUT2D eigenvalue weighted by Crippen LogP contribution is 2.23. The smallest absolute Gasteiger partial charge is 0.337 e. The molecule has 0 bridgehead atoms. The molecule has 0 saturated heterocycles. The molecule has 264 valence electrons. The van der Waals surface area contributed by atoms with Crippen LogP contribution in [0.2, 0.25) is 0 Å². The van der Waals surface area contributed by atoms with Crippen molar-refractivity contribution in [3.63, 3.8) is 0 Å².